The number of aliphatic carboxylic acids is 1. The van der Waals surface area contributed by atoms with Crippen LogP contribution in [0.1, 0.15) is 299 Å². The summed E-state index contributed by atoms with van der Waals surface area (Å²) in [4.78, 5) is 112. The lowest BCUT2D eigenvalue weighted by molar-refractivity contribution is -0.139. The molecule has 16 rings (SSSR count). The minimum atomic E-state index is -1.20. The first-order chi connectivity index (χ1) is 61.6. The number of carboxylic acids is 2. The van der Waals surface area contributed by atoms with Gasteiger partial charge in [-0.1, -0.05) is 180 Å². The number of aromatic nitrogens is 8. The number of rotatable bonds is 21. The number of carbonyl (C=O) groups excluding carboxylic acids is 6. The molecule has 32 heteroatoms. The number of ether oxygens (including phenoxy) is 2. The number of tetrazole rings is 2. The molecule has 0 saturated heterocycles. The second-order valence-electron chi connectivity index (χ2n) is 39.5. The normalized spacial score (nSPS) is 20.5. The van der Waals surface area contributed by atoms with Crippen LogP contribution >= 0.6 is 47.2 Å². The van der Waals surface area contributed by atoms with E-state index in [9.17, 15) is 43.5 Å². The monoisotopic (exact) mass is 1870 g/mol. The van der Waals surface area contributed by atoms with E-state index < -0.39 is 41.0 Å². The molecule has 28 nitrogen and oxygen atoms in total. The predicted molar refractivity (Wildman–Crippen MR) is 508 cm³/mol. The van der Waals surface area contributed by atoms with Crippen molar-refractivity contribution in [2.75, 3.05) is 20.2 Å². The molecule has 8 aliphatic rings. The number of hydrogen-bond acceptors (Lipinski definition) is 20. The third-order valence-corrected chi connectivity index (χ3v) is 26.5. The fourth-order valence-corrected chi connectivity index (χ4v) is 18.6. The summed E-state index contributed by atoms with van der Waals surface area (Å²) in [5, 5.41) is 52.1. The molecule has 6 aromatic carbocycles. The van der Waals surface area contributed by atoms with Crippen LogP contribution in [0.25, 0.3) is 0 Å². The highest BCUT2D eigenvalue weighted by Gasteiger charge is 2.58. The summed E-state index contributed by atoms with van der Waals surface area (Å²) in [6.07, 6.45) is 18.4. The molecular weight excluding hydrogens is 1750 g/mol. The van der Waals surface area contributed by atoms with Crippen molar-refractivity contribution in [2.45, 2.75) is 253 Å². The maximum absolute atomic E-state index is 14.4. The first-order valence-corrected chi connectivity index (χ1v) is 46.4. The number of H-pyrrole nitrogens is 2. The molecule has 2 aromatic heterocycles. The Kier molecular flexibility index (Phi) is 35.2. The summed E-state index contributed by atoms with van der Waals surface area (Å²) in [6, 6.07) is 42.0. The van der Waals surface area contributed by atoms with Gasteiger partial charge in [0.05, 0.1) is 30.3 Å². The molecule has 6 saturated carbocycles. The molecule has 2 aliphatic heterocycles. The van der Waals surface area contributed by atoms with E-state index in [1.807, 2.05) is 97.1 Å². The first-order valence-electron chi connectivity index (χ1n) is 45.3. The summed E-state index contributed by atoms with van der Waals surface area (Å²) in [6.45, 7) is 26.7. The lowest BCUT2D eigenvalue weighted by atomic mass is 9.69. The topological polar surface area (TPSA) is 412 Å². The van der Waals surface area contributed by atoms with E-state index in [1.165, 1.54) is 26.0 Å². The summed E-state index contributed by atoms with van der Waals surface area (Å²) < 4.78 is 9.65. The molecule has 131 heavy (non-hydrogen) atoms. The molecular formula is C99H128Cl4N16O12. The Hall–Kier alpha value is -10.4. The van der Waals surface area contributed by atoms with Crippen molar-refractivity contribution in [3.8, 4) is 0 Å². The van der Waals surface area contributed by atoms with Crippen LogP contribution in [0, 0.1) is 51.8 Å². The number of nitrogens with zero attached hydrogens (tertiary/aromatic N) is 10. The van der Waals surface area contributed by atoms with Crippen molar-refractivity contribution in [3.05, 3.63) is 222 Å². The number of methoxy groups -OCH3 is 1. The van der Waals surface area contributed by atoms with E-state index in [0.29, 0.717) is 122 Å². The quantitative estimate of drug-likeness (QED) is 0.0310. The molecule has 2 spiro atoms. The zero-order valence-corrected chi connectivity index (χ0v) is 80.4. The van der Waals surface area contributed by atoms with Gasteiger partial charge < -0.3 is 51.6 Å². The number of esters is 1. The zero-order valence-electron chi connectivity index (χ0n) is 77.3. The molecule has 0 bridgehead atoms. The summed E-state index contributed by atoms with van der Waals surface area (Å²) in [5.74, 6) is 2.34. The minimum Gasteiger partial charge on any atom is -0.479 e. The molecule has 4 heterocycles. The van der Waals surface area contributed by atoms with E-state index in [1.54, 1.807) is 63.2 Å². The predicted octanol–water partition coefficient (Wildman–Crippen LogP) is 19.1. The van der Waals surface area contributed by atoms with Gasteiger partial charge >= 0.3 is 24.0 Å². The van der Waals surface area contributed by atoms with Gasteiger partial charge in [-0.2, -0.15) is 10.4 Å². The SMILES string of the molecule is CC(C)(C)C1CCC(=O)CC1.CC(C)(C)C1CCC2(CC1)N=C(c1cccc(Cl)c1)C(=O)N2[C@@H](c1ccc(C(=O)NCCc2nn[nH]n2)cc1)C1CC1.CC(C)(C)C1CCC2(CC1)N=C(c1cccc(Cl)c1)C(=O)N2[C@@H](c1ccc(C(=O)O)cc1)C1CC1.CC(C)(C)OC(=O)NC(C(=O)O)c1cccc(Cl)c1.COC(=O)c1ccc([C@H](N)C2CC2)cc1.Cl.NCCc1nn[nH]n1. The Morgan fingerprint density at radius 3 is 1.30 bits per heavy atom. The molecule has 1 unspecified atom stereocenters. The molecule has 4 atom stereocenters. The summed E-state index contributed by atoms with van der Waals surface area (Å²) in [7, 11) is 1.38. The van der Waals surface area contributed by atoms with Crippen LogP contribution in [-0.2, 0) is 41.5 Å². The third kappa shape index (κ3) is 28.1. The van der Waals surface area contributed by atoms with Crippen molar-refractivity contribution in [1.82, 2.24) is 61.7 Å². The van der Waals surface area contributed by atoms with Crippen LogP contribution in [0.3, 0.4) is 0 Å². The molecule has 8 aromatic rings. The van der Waals surface area contributed by atoms with Crippen LogP contribution in [0.5, 0.6) is 0 Å². The van der Waals surface area contributed by atoms with Gasteiger partial charge in [0, 0.05) is 70.0 Å². The second kappa shape index (κ2) is 44.9. The van der Waals surface area contributed by atoms with Crippen LogP contribution in [-0.4, -0.2) is 157 Å². The number of benzene rings is 6. The van der Waals surface area contributed by atoms with Gasteiger partial charge in [0.15, 0.2) is 17.7 Å². The van der Waals surface area contributed by atoms with Crippen molar-refractivity contribution in [2.24, 2.45) is 73.2 Å². The number of hydrogen-bond donors (Lipinski definition) is 8. The number of carboxylic acid groups (broad SMARTS) is 2. The molecule has 6 fully saturated rings. The maximum Gasteiger partial charge on any atom is 0.408 e. The van der Waals surface area contributed by atoms with E-state index in [0.717, 1.165) is 136 Å². The number of aromatic carboxylic acids is 1. The Balaban J connectivity index is 0.000000178. The highest BCUT2D eigenvalue weighted by molar-refractivity contribution is 6.48. The van der Waals surface area contributed by atoms with Gasteiger partial charge in [-0.15, -0.1) is 32.8 Å². The van der Waals surface area contributed by atoms with Crippen molar-refractivity contribution in [1.29, 1.82) is 0 Å². The Morgan fingerprint density at radius 2 is 0.924 bits per heavy atom. The van der Waals surface area contributed by atoms with Gasteiger partial charge in [-0.05, 0) is 277 Å². The standard InChI is InChI=1S/C32H38ClN7O2.C29H33ClN2O3.C13H16ClNO4.C12H15NO2.C10H18O.C3H7N5.ClH/c1-31(2,3)24-13-16-32(17-14-24)35-27(23-5-4-6-25(33)19-23)30(42)40(32)28(20-7-8-20)21-9-11-22(12-10-21)29(41)34-18-15-26-36-38-39-37-26;1-28(2,3)22-13-15-29(16-14-22)31-24(21-5-4-6-23(30)17-21)26(33)32(29)25(18-7-8-18)19-9-11-20(12-10-19)27(34)35;1-13(2,3)19-12(18)15-10(11(16)17)8-5-4-6-9(14)7-8;1-15-12(14)10-6-4-9(5-7-10)11(13)8-2-3-8;1-10(2,3)8-4-6-9(11)7-5-8;4-2-1-3-5-7-8-6-3;/h4-6,9-12,19-20,24,28H,7-8,13-18H2,1-3H3,(H,34,41)(H,36,37,38,39);4-6,9-12,17-18,22,25H,7-8,13-16H2,1-3H3,(H,34,35);4-7,10H,1-3H3,(H,15,18)(H,16,17);4-8,11H,2-3,13H2,1H3;8H,4-7H2,1-3H3;1-2,4H2,(H,5,6,7,8);1H/t24?,28-,32?;22?,25-,29?;;11-;;;/m11.1.../s1. The van der Waals surface area contributed by atoms with Crippen LogP contribution < -0.4 is 22.1 Å². The number of halogens is 4. The van der Waals surface area contributed by atoms with Gasteiger partial charge in [0.2, 0.25) is 0 Å². The number of nitrogens with two attached hydrogens (primary N) is 2. The Bertz CT molecular complexity index is 5240. The van der Waals surface area contributed by atoms with E-state index in [4.69, 9.17) is 66.1 Å². The fourth-order valence-electron chi connectivity index (χ4n) is 18.0. The number of alkyl carbamates (subject to hydrolysis) is 1. The van der Waals surface area contributed by atoms with Crippen molar-refractivity contribution >= 4 is 106 Å². The number of aliphatic imine (C=N–C) groups is 2. The average molecular weight is 1880 g/mol. The van der Waals surface area contributed by atoms with Crippen molar-refractivity contribution < 1.29 is 58.0 Å². The Labute approximate surface area is 789 Å². The number of Topliss-reactive ketones (excluding diaryl/α,β-unsaturated/α-hetero) is 1. The number of amides is 4. The number of nitrogens with one attached hydrogen (secondary N) is 4. The van der Waals surface area contributed by atoms with Crippen molar-refractivity contribution in [3.63, 3.8) is 0 Å². The minimum absolute atomic E-state index is 0. The molecule has 6 aliphatic carbocycles. The average Bonchev–Trinajstić information content (AvgIpc) is 1.57. The lowest BCUT2D eigenvalue weighted by Crippen LogP contribution is -2.52. The van der Waals surface area contributed by atoms with Gasteiger partial charge in [-0.25, -0.2) is 19.2 Å². The third-order valence-electron chi connectivity index (χ3n) is 25.8. The van der Waals surface area contributed by atoms with Gasteiger partial charge in [0.1, 0.15) is 34.1 Å². The number of aromatic amines is 2. The van der Waals surface area contributed by atoms with Gasteiger partial charge in [0.25, 0.3) is 17.7 Å². The van der Waals surface area contributed by atoms with E-state index in [-0.39, 0.29) is 70.6 Å². The number of ketones is 1. The smallest absolute Gasteiger partial charge is 0.408 e. The van der Waals surface area contributed by atoms with Crippen LogP contribution in [0.4, 0.5) is 4.79 Å². The second-order valence-corrected chi connectivity index (χ2v) is 40.8. The van der Waals surface area contributed by atoms with Crippen LogP contribution in [0.15, 0.2) is 156 Å². The van der Waals surface area contributed by atoms with Crippen LogP contribution in [0.2, 0.25) is 15.1 Å². The molecule has 0 radical (unpaired) electrons. The highest BCUT2D eigenvalue weighted by atomic mass is 35.5. The summed E-state index contributed by atoms with van der Waals surface area (Å²) in [5.41, 5.74) is 17.7. The molecule has 4 amide bonds. The lowest BCUT2D eigenvalue weighted by Gasteiger charge is -2.47. The van der Waals surface area contributed by atoms with E-state index in [2.05, 4.69) is 129 Å². The fraction of sp³-hybridized carbons (Fsp3) is 0.515. The largest absolute Gasteiger partial charge is 0.479 e. The number of carbonyl (C=O) groups is 8. The Morgan fingerprint density at radius 1 is 0.519 bits per heavy atom. The summed E-state index contributed by atoms with van der Waals surface area (Å²) >= 11 is 18.4. The highest BCUT2D eigenvalue weighted by Crippen LogP contribution is 2.57. The maximum atomic E-state index is 14.4. The van der Waals surface area contributed by atoms with Gasteiger partial charge in [-0.3, -0.25) is 29.2 Å². The van der Waals surface area contributed by atoms with E-state index >= 15 is 0 Å². The molecule has 10 N–H and O–H groups in total. The molecule has 704 valence electrons. The zero-order chi connectivity index (χ0) is 94.2. The first kappa shape index (κ1) is 103.